The molecule has 1 unspecified atom stereocenters. The van der Waals surface area contributed by atoms with Crippen molar-refractivity contribution in [1.82, 2.24) is 19.6 Å². The van der Waals surface area contributed by atoms with E-state index in [-0.39, 0.29) is 17.7 Å². The van der Waals surface area contributed by atoms with E-state index in [0.29, 0.717) is 24.9 Å². The molecule has 6 heteroatoms. The Bertz CT molecular complexity index is 616. The average Bonchev–Trinajstić information content (AvgIpc) is 3.36. The van der Waals surface area contributed by atoms with Crippen molar-refractivity contribution in [3.05, 3.63) is 18.5 Å². The first-order valence-corrected chi connectivity index (χ1v) is 10.3. The Hall–Kier alpha value is -1.85. The second-order valence-electron chi connectivity index (χ2n) is 8.22. The van der Waals surface area contributed by atoms with Crippen LogP contribution in [0.2, 0.25) is 0 Å². The van der Waals surface area contributed by atoms with E-state index < -0.39 is 0 Å². The highest BCUT2D eigenvalue weighted by Gasteiger charge is 2.37. The molecule has 1 aliphatic carbocycles. The summed E-state index contributed by atoms with van der Waals surface area (Å²) < 4.78 is 1.99. The van der Waals surface area contributed by atoms with Gasteiger partial charge in [-0.25, -0.2) is 0 Å². The Labute approximate surface area is 155 Å². The minimum Gasteiger partial charge on any atom is -0.342 e. The van der Waals surface area contributed by atoms with Gasteiger partial charge in [0.15, 0.2) is 0 Å². The van der Waals surface area contributed by atoms with E-state index in [1.807, 2.05) is 32.9 Å². The van der Waals surface area contributed by atoms with Gasteiger partial charge in [0.05, 0.1) is 5.92 Å². The lowest BCUT2D eigenvalue weighted by Gasteiger charge is -2.39. The molecule has 1 aromatic heterocycles. The van der Waals surface area contributed by atoms with Gasteiger partial charge < -0.3 is 9.80 Å². The molecule has 2 saturated heterocycles. The molecule has 2 aliphatic heterocycles. The third-order valence-electron chi connectivity index (χ3n) is 6.49. The van der Waals surface area contributed by atoms with Crippen molar-refractivity contribution in [2.45, 2.75) is 64.0 Å². The zero-order chi connectivity index (χ0) is 17.9. The van der Waals surface area contributed by atoms with E-state index in [1.54, 1.807) is 0 Å². The van der Waals surface area contributed by atoms with Gasteiger partial charge in [0.25, 0.3) is 0 Å². The Kier molecular flexibility index (Phi) is 5.27. The summed E-state index contributed by atoms with van der Waals surface area (Å²) in [6, 6.07) is 2.34. The summed E-state index contributed by atoms with van der Waals surface area (Å²) in [5.74, 6) is 1.15. The molecule has 3 heterocycles. The van der Waals surface area contributed by atoms with Crippen LogP contribution in [0.3, 0.4) is 0 Å². The van der Waals surface area contributed by atoms with Crippen molar-refractivity contribution in [2.75, 3.05) is 19.6 Å². The van der Waals surface area contributed by atoms with Gasteiger partial charge in [0, 0.05) is 51.0 Å². The van der Waals surface area contributed by atoms with Gasteiger partial charge in [0.2, 0.25) is 11.8 Å². The van der Waals surface area contributed by atoms with Crippen molar-refractivity contribution >= 4 is 11.8 Å². The van der Waals surface area contributed by atoms with Gasteiger partial charge >= 0.3 is 0 Å². The second kappa shape index (κ2) is 7.80. The Morgan fingerprint density at radius 3 is 2.58 bits per heavy atom. The van der Waals surface area contributed by atoms with Crippen LogP contribution in [0.4, 0.5) is 0 Å². The summed E-state index contributed by atoms with van der Waals surface area (Å²) in [7, 11) is 0. The standard InChI is InChI=1S/C20H30N4O2/c25-19-7-6-17(15-24(19)18-4-1-2-5-18)20(26)22-12-8-16(9-13-22)14-23-11-3-10-21-23/h3,10-11,16-18H,1-2,4-9,12-15H2. The molecule has 26 heavy (non-hydrogen) atoms. The summed E-state index contributed by atoms with van der Waals surface area (Å²) >= 11 is 0. The number of hydrogen-bond donors (Lipinski definition) is 0. The Balaban J connectivity index is 1.29. The molecule has 142 valence electrons. The van der Waals surface area contributed by atoms with Crippen LogP contribution in [0.15, 0.2) is 18.5 Å². The van der Waals surface area contributed by atoms with Gasteiger partial charge in [0.1, 0.15) is 0 Å². The maximum Gasteiger partial charge on any atom is 0.227 e. The molecule has 3 aliphatic rings. The SMILES string of the molecule is O=C(C1CCC(=O)N(C2CCCC2)C1)N1CCC(Cn2cccn2)CC1. The first kappa shape index (κ1) is 17.6. The van der Waals surface area contributed by atoms with Crippen molar-refractivity contribution in [1.29, 1.82) is 0 Å². The maximum atomic E-state index is 13.0. The highest BCUT2D eigenvalue weighted by atomic mass is 16.2. The predicted molar refractivity (Wildman–Crippen MR) is 98.2 cm³/mol. The van der Waals surface area contributed by atoms with Crippen LogP contribution in [0.25, 0.3) is 0 Å². The highest BCUT2D eigenvalue weighted by molar-refractivity contribution is 5.84. The fourth-order valence-corrected chi connectivity index (χ4v) is 4.91. The quantitative estimate of drug-likeness (QED) is 0.830. The average molecular weight is 358 g/mol. The molecule has 0 spiro atoms. The zero-order valence-corrected chi connectivity index (χ0v) is 15.6. The highest BCUT2D eigenvalue weighted by Crippen LogP contribution is 2.30. The summed E-state index contributed by atoms with van der Waals surface area (Å²) in [5, 5.41) is 4.29. The first-order chi connectivity index (χ1) is 12.7. The minimum atomic E-state index is 0.0102. The lowest BCUT2D eigenvalue weighted by atomic mass is 9.91. The van der Waals surface area contributed by atoms with E-state index in [9.17, 15) is 9.59 Å². The van der Waals surface area contributed by atoms with E-state index in [2.05, 4.69) is 5.10 Å². The normalized spacial score (nSPS) is 25.8. The predicted octanol–water partition coefficient (Wildman–Crippen LogP) is 2.30. The molecule has 0 radical (unpaired) electrons. The molecule has 3 fully saturated rings. The number of carbonyl (C=O) groups excluding carboxylic acids is 2. The zero-order valence-electron chi connectivity index (χ0n) is 15.6. The third kappa shape index (κ3) is 3.79. The lowest BCUT2D eigenvalue weighted by Crippen LogP contribution is -2.51. The largest absolute Gasteiger partial charge is 0.342 e. The van der Waals surface area contributed by atoms with Gasteiger partial charge in [-0.3, -0.25) is 14.3 Å². The Morgan fingerprint density at radius 2 is 1.88 bits per heavy atom. The summed E-state index contributed by atoms with van der Waals surface area (Å²) in [6.07, 6.45) is 11.9. The minimum absolute atomic E-state index is 0.0102. The molecule has 1 aromatic rings. The number of carbonyl (C=O) groups is 2. The van der Waals surface area contributed by atoms with Crippen LogP contribution in [0.5, 0.6) is 0 Å². The number of aromatic nitrogens is 2. The van der Waals surface area contributed by atoms with Gasteiger partial charge in [-0.05, 0) is 44.1 Å². The van der Waals surface area contributed by atoms with Gasteiger partial charge in [-0.1, -0.05) is 12.8 Å². The summed E-state index contributed by atoms with van der Waals surface area (Å²) in [4.78, 5) is 29.4. The van der Waals surface area contributed by atoms with Crippen molar-refractivity contribution in [3.8, 4) is 0 Å². The van der Waals surface area contributed by atoms with E-state index >= 15 is 0 Å². The third-order valence-corrected chi connectivity index (χ3v) is 6.49. The van der Waals surface area contributed by atoms with Gasteiger partial charge in [-0.15, -0.1) is 0 Å². The second-order valence-corrected chi connectivity index (χ2v) is 8.22. The van der Waals surface area contributed by atoms with Gasteiger partial charge in [-0.2, -0.15) is 5.10 Å². The summed E-state index contributed by atoms with van der Waals surface area (Å²) in [6.45, 7) is 3.29. The van der Waals surface area contributed by atoms with Crippen LogP contribution in [0, 0.1) is 11.8 Å². The molecule has 1 atom stereocenters. The van der Waals surface area contributed by atoms with Crippen LogP contribution in [0.1, 0.15) is 51.4 Å². The Morgan fingerprint density at radius 1 is 1.12 bits per heavy atom. The fourth-order valence-electron chi connectivity index (χ4n) is 4.91. The molecular weight excluding hydrogens is 328 g/mol. The number of hydrogen-bond acceptors (Lipinski definition) is 3. The number of piperidine rings is 2. The monoisotopic (exact) mass is 358 g/mol. The van der Waals surface area contributed by atoms with E-state index in [1.165, 1.54) is 12.8 Å². The molecule has 0 bridgehead atoms. The van der Waals surface area contributed by atoms with Crippen LogP contribution in [-0.2, 0) is 16.1 Å². The van der Waals surface area contributed by atoms with Crippen LogP contribution < -0.4 is 0 Å². The topological polar surface area (TPSA) is 58.4 Å². The molecule has 6 nitrogen and oxygen atoms in total. The van der Waals surface area contributed by atoms with Crippen molar-refractivity contribution in [3.63, 3.8) is 0 Å². The molecule has 0 N–H and O–H groups in total. The lowest BCUT2D eigenvalue weighted by molar-refractivity contribution is -0.145. The molecular formula is C20H30N4O2. The summed E-state index contributed by atoms with van der Waals surface area (Å²) in [5.41, 5.74) is 0. The fraction of sp³-hybridized carbons (Fsp3) is 0.750. The maximum absolute atomic E-state index is 13.0. The molecule has 4 rings (SSSR count). The van der Waals surface area contributed by atoms with Crippen LogP contribution >= 0.6 is 0 Å². The molecule has 1 saturated carbocycles. The smallest absolute Gasteiger partial charge is 0.227 e. The van der Waals surface area contributed by atoms with E-state index in [4.69, 9.17) is 0 Å². The number of rotatable bonds is 4. The number of amides is 2. The van der Waals surface area contributed by atoms with Crippen molar-refractivity contribution < 1.29 is 9.59 Å². The number of nitrogens with zero attached hydrogens (tertiary/aromatic N) is 4. The van der Waals surface area contributed by atoms with E-state index in [0.717, 1.165) is 51.7 Å². The van der Waals surface area contributed by atoms with Crippen LogP contribution in [-0.4, -0.2) is 57.1 Å². The number of likely N-dealkylation sites (tertiary alicyclic amines) is 2. The van der Waals surface area contributed by atoms with Crippen molar-refractivity contribution in [2.24, 2.45) is 11.8 Å². The molecule has 0 aromatic carbocycles. The first-order valence-electron chi connectivity index (χ1n) is 10.3. The molecule has 2 amide bonds.